The summed E-state index contributed by atoms with van der Waals surface area (Å²) in [6.07, 6.45) is -0.0837. The maximum atomic E-state index is 12.4. The molecule has 0 saturated carbocycles. The Balaban J connectivity index is 1.94. The molecule has 8 heteroatoms. The highest BCUT2D eigenvalue weighted by Gasteiger charge is 2.41. The summed E-state index contributed by atoms with van der Waals surface area (Å²) in [7, 11) is 0. The van der Waals surface area contributed by atoms with Gasteiger partial charge in [0.25, 0.3) is 5.24 Å². The van der Waals surface area contributed by atoms with Crippen molar-refractivity contribution in [2.24, 2.45) is 0 Å². The number of phenolic OH excluding ortho intramolecular Hbond substituents is 1. The van der Waals surface area contributed by atoms with Crippen molar-refractivity contribution in [1.29, 1.82) is 0 Å². The number of aromatic hydroxyl groups is 1. The molecule has 0 aromatic heterocycles. The monoisotopic (exact) mass is 351 g/mol. The van der Waals surface area contributed by atoms with Crippen LogP contribution in [0.25, 0.3) is 0 Å². The number of rotatable bonds is 7. The van der Waals surface area contributed by atoms with Gasteiger partial charge in [0, 0.05) is 18.2 Å². The Morgan fingerprint density at radius 3 is 2.67 bits per heavy atom. The van der Waals surface area contributed by atoms with Gasteiger partial charge in [-0.3, -0.25) is 24.2 Å². The van der Waals surface area contributed by atoms with Gasteiger partial charge in [-0.05, 0) is 25.2 Å². The fourth-order valence-electron chi connectivity index (χ4n) is 2.34. The predicted octanol–water partition coefficient (Wildman–Crippen LogP) is 2.08. The Bertz CT molecular complexity index is 634. The molecule has 2 N–H and O–H groups in total. The average Bonchev–Trinajstić information content (AvgIpc) is 2.79. The van der Waals surface area contributed by atoms with Gasteiger partial charge in [-0.2, -0.15) is 0 Å². The summed E-state index contributed by atoms with van der Waals surface area (Å²) in [5.74, 6) is -0.661. The molecule has 3 amide bonds. The number of carbonyl (C=O) groups excluding carboxylic acids is 3. The zero-order valence-corrected chi connectivity index (χ0v) is 14.5. The summed E-state index contributed by atoms with van der Waals surface area (Å²) in [5.41, 5.74) is 0.446. The first kappa shape index (κ1) is 18.3. The second-order valence-corrected chi connectivity index (χ2v) is 6.54. The summed E-state index contributed by atoms with van der Waals surface area (Å²) in [6, 6.07) is 6.16. The summed E-state index contributed by atoms with van der Waals surface area (Å²) in [4.78, 5) is 39.6. The van der Waals surface area contributed by atoms with Gasteiger partial charge in [0.15, 0.2) is 0 Å². The lowest BCUT2D eigenvalue weighted by Crippen LogP contribution is -2.42. The van der Waals surface area contributed by atoms with Gasteiger partial charge < -0.3 is 10.4 Å². The van der Waals surface area contributed by atoms with Crippen LogP contribution in [0.1, 0.15) is 20.3 Å². The van der Waals surface area contributed by atoms with Crippen LogP contribution < -0.4 is 5.32 Å². The lowest BCUT2D eigenvalue weighted by molar-refractivity contribution is -0.130. The molecule has 0 bridgehead atoms. The third-order valence-corrected chi connectivity index (χ3v) is 4.82. The highest BCUT2D eigenvalue weighted by molar-refractivity contribution is 8.15. The third kappa shape index (κ3) is 4.48. The van der Waals surface area contributed by atoms with Gasteiger partial charge >= 0.3 is 0 Å². The lowest BCUT2D eigenvalue weighted by atomic mass is 10.2. The number of carbonyl (C=O) groups is 3. The Morgan fingerprint density at radius 1 is 1.33 bits per heavy atom. The summed E-state index contributed by atoms with van der Waals surface area (Å²) in [5, 5.41) is 11.0. The first-order valence-corrected chi connectivity index (χ1v) is 8.65. The number of benzene rings is 1. The quantitative estimate of drug-likeness (QED) is 0.782. The van der Waals surface area contributed by atoms with Crippen molar-refractivity contribution in [3.8, 4) is 5.75 Å². The fraction of sp³-hybridized carbons (Fsp3) is 0.438. The Kier molecular flexibility index (Phi) is 6.22. The van der Waals surface area contributed by atoms with E-state index >= 15 is 0 Å². The Labute approximate surface area is 145 Å². The number of nitrogens with one attached hydrogen (secondary N) is 1. The molecule has 1 aromatic carbocycles. The van der Waals surface area contributed by atoms with Crippen LogP contribution in [0.3, 0.4) is 0 Å². The lowest BCUT2D eigenvalue weighted by Gasteiger charge is -2.23. The van der Waals surface area contributed by atoms with Crippen molar-refractivity contribution in [2.45, 2.75) is 25.5 Å². The molecule has 1 aliphatic rings. The van der Waals surface area contributed by atoms with Crippen molar-refractivity contribution < 1.29 is 19.5 Å². The SMILES string of the molecule is CCN(CC)CN1C(=O)SC(CC(=O)Nc2cccc(O)c2)C1=O. The van der Waals surface area contributed by atoms with Gasteiger partial charge in [-0.15, -0.1) is 0 Å². The number of hydrogen-bond donors (Lipinski definition) is 2. The third-order valence-electron chi connectivity index (χ3n) is 3.74. The minimum atomic E-state index is -0.703. The van der Waals surface area contributed by atoms with Gasteiger partial charge in [-0.25, -0.2) is 0 Å². The largest absolute Gasteiger partial charge is 0.508 e. The van der Waals surface area contributed by atoms with Crippen LogP contribution in [0, 0.1) is 0 Å². The van der Waals surface area contributed by atoms with Crippen LogP contribution in [0.2, 0.25) is 0 Å². The molecule has 1 fully saturated rings. The normalized spacial score (nSPS) is 17.6. The van der Waals surface area contributed by atoms with Crippen molar-refractivity contribution in [2.75, 3.05) is 25.1 Å². The van der Waals surface area contributed by atoms with E-state index in [1.54, 1.807) is 12.1 Å². The molecule has 1 aromatic rings. The molecule has 0 radical (unpaired) electrons. The number of amides is 3. The Hall–Kier alpha value is -2.06. The highest BCUT2D eigenvalue weighted by atomic mass is 32.2. The van der Waals surface area contributed by atoms with E-state index < -0.39 is 5.25 Å². The first-order chi connectivity index (χ1) is 11.4. The number of nitrogens with zero attached hydrogens (tertiary/aromatic N) is 2. The minimum Gasteiger partial charge on any atom is -0.508 e. The van der Waals surface area contributed by atoms with Crippen LogP contribution in [0.5, 0.6) is 5.75 Å². The van der Waals surface area contributed by atoms with E-state index in [0.29, 0.717) is 5.69 Å². The molecule has 1 heterocycles. The molecule has 7 nitrogen and oxygen atoms in total. The topological polar surface area (TPSA) is 90.0 Å². The molecule has 0 spiro atoms. The van der Waals surface area contributed by atoms with E-state index in [9.17, 15) is 19.5 Å². The molecule has 0 aliphatic carbocycles. The molecular formula is C16H21N3O4S. The second-order valence-electron chi connectivity index (χ2n) is 5.39. The van der Waals surface area contributed by atoms with Crippen LogP contribution in [0.4, 0.5) is 10.5 Å². The van der Waals surface area contributed by atoms with Gasteiger partial charge in [0.05, 0.1) is 6.67 Å². The molecule has 130 valence electrons. The average molecular weight is 351 g/mol. The van der Waals surface area contributed by atoms with Crippen molar-refractivity contribution in [3.05, 3.63) is 24.3 Å². The van der Waals surface area contributed by atoms with Crippen LogP contribution in [0.15, 0.2) is 24.3 Å². The smallest absolute Gasteiger partial charge is 0.290 e. The van der Waals surface area contributed by atoms with Crippen LogP contribution in [-0.4, -0.2) is 57.0 Å². The molecular weight excluding hydrogens is 330 g/mol. The Morgan fingerprint density at radius 2 is 2.04 bits per heavy atom. The fourth-order valence-corrected chi connectivity index (χ4v) is 3.32. The molecule has 1 atom stereocenters. The second kappa shape index (κ2) is 8.16. The minimum absolute atomic E-state index is 0.0414. The number of anilines is 1. The van der Waals surface area contributed by atoms with E-state index in [4.69, 9.17) is 0 Å². The maximum absolute atomic E-state index is 12.4. The van der Waals surface area contributed by atoms with Gasteiger partial charge in [-0.1, -0.05) is 31.7 Å². The van der Waals surface area contributed by atoms with E-state index in [1.807, 2.05) is 18.7 Å². The molecule has 24 heavy (non-hydrogen) atoms. The molecule has 1 unspecified atom stereocenters. The van der Waals surface area contributed by atoms with E-state index in [-0.39, 0.29) is 35.9 Å². The number of phenols is 1. The van der Waals surface area contributed by atoms with Crippen LogP contribution >= 0.6 is 11.8 Å². The maximum Gasteiger partial charge on any atom is 0.290 e. The highest BCUT2D eigenvalue weighted by Crippen LogP contribution is 2.29. The first-order valence-electron chi connectivity index (χ1n) is 7.77. The van der Waals surface area contributed by atoms with Crippen molar-refractivity contribution in [3.63, 3.8) is 0 Å². The zero-order chi connectivity index (χ0) is 17.7. The zero-order valence-electron chi connectivity index (χ0n) is 13.7. The summed E-state index contributed by atoms with van der Waals surface area (Å²) in [6.45, 7) is 5.65. The number of hydrogen-bond acceptors (Lipinski definition) is 6. The summed E-state index contributed by atoms with van der Waals surface area (Å²) < 4.78 is 0. The molecule has 1 aliphatic heterocycles. The summed E-state index contributed by atoms with van der Waals surface area (Å²) >= 11 is 0.887. The molecule has 2 rings (SSSR count). The van der Waals surface area contributed by atoms with Crippen LogP contribution in [-0.2, 0) is 9.59 Å². The predicted molar refractivity (Wildman–Crippen MR) is 92.8 cm³/mol. The van der Waals surface area contributed by atoms with E-state index in [0.717, 1.165) is 24.9 Å². The van der Waals surface area contributed by atoms with Crippen molar-refractivity contribution in [1.82, 2.24) is 9.80 Å². The van der Waals surface area contributed by atoms with Gasteiger partial charge in [0.2, 0.25) is 11.8 Å². The van der Waals surface area contributed by atoms with Crippen molar-refractivity contribution >= 4 is 34.5 Å². The number of thioether (sulfide) groups is 1. The van der Waals surface area contributed by atoms with E-state index in [1.165, 1.54) is 17.0 Å². The standard InChI is InChI=1S/C16H21N3O4S/c1-3-18(4-2)10-19-15(22)13(24-16(19)23)9-14(21)17-11-6-5-7-12(20)8-11/h5-8,13,20H,3-4,9-10H2,1-2H3,(H,17,21). The van der Waals surface area contributed by atoms with Gasteiger partial charge in [0.1, 0.15) is 11.0 Å². The van der Waals surface area contributed by atoms with E-state index in [2.05, 4.69) is 5.32 Å². The number of imide groups is 1. The molecule has 1 saturated heterocycles.